The molecule has 0 unspecified atom stereocenters. The highest BCUT2D eigenvalue weighted by Gasteiger charge is 2.34. The summed E-state index contributed by atoms with van der Waals surface area (Å²) >= 11 is 0. The Bertz CT molecular complexity index is 1280. The molecule has 0 aliphatic carbocycles. The highest BCUT2D eigenvalue weighted by Crippen LogP contribution is 2.40. The molecule has 2 aromatic carbocycles. The third kappa shape index (κ3) is 3.67. The number of aromatic nitrogens is 1. The van der Waals surface area contributed by atoms with Crippen LogP contribution in [0.1, 0.15) is 28.3 Å². The van der Waals surface area contributed by atoms with E-state index in [4.69, 9.17) is 19.9 Å². The molecule has 0 saturated heterocycles. The second-order valence-corrected chi connectivity index (χ2v) is 7.50. The molecule has 0 spiro atoms. The minimum Gasteiger partial charge on any atom is -0.497 e. The van der Waals surface area contributed by atoms with E-state index in [1.54, 1.807) is 37.0 Å². The van der Waals surface area contributed by atoms with Crippen LogP contribution < -0.4 is 25.5 Å². The molecule has 32 heavy (non-hydrogen) atoms. The van der Waals surface area contributed by atoms with Crippen LogP contribution in [0.2, 0.25) is 0 Å². The Balaban J connectivity index is 1.85. The van der Waals surface area contributed by atoms with Crippen LogP contribution in [0, 0.1) is 18.3 Å². The van der Waals surface area contributed by atoms with E-state index in [0.29, 0.717) is 23.6 Å². The Labute approximate surface area is 185 Å². The Morgan fingerprint density at radius 1 is 1.06 bits per heavy atom. The van der Waals surface area contributed by atoms with E-state index >= 15 is 0 Å². The summed E-state index contributed by atoms with van der Waals surface area (Å²) in [5.41, 5.74) is 8.87. The number of nitriles is 1. The Morgan fingerprint density at radius 2 is 1.66 bits per heavy atom. The number of ether oxygens (including phenoxy) is 3. The monoisotopic (exact) mass is 429 g/mol. The zero-order chi connectivity index (χ0) is 22.8. The normalized spacial score (nSPS) is 14.9. The largest absolute Gasteiger partial charge is 0.497 e. The number of fused-ring (bicyclic) bond motifs is 1. The first-order valence-corrected chi connectivity index (χ1v) is 10.1. The fourth-order valence-corrected chi connectivity index (χ4v) is 3.93. The minimum absolute atomic E-state index is 0.00697. The Hall–Kier alpha value is -4.18. The van der Waals surface area contributed by atoms with E-state index in [9.17, 15) is 10.1 Å². The second kappa shape index (κ2) is 8.52. The summed E-state index contributed by atoms with van der Waals surface area (Å²) in [4.78, 5) is 13.7. The van der Waals surface area contributed by atoms with E-state index in [2.05, 4.69) is 6.07 Å². The number of rotatable bonds is 5. The molecule has 7 heteroatoms. The minimum atomic E-state index is -0.634. The smallest absolute Gasteiger partial charge is 0.259 e. The molecule has 7 nitrogen and oxygen atoms in total. The molecule has 2 heterocycles. The zero-order valence-corrected chi connectivity index (χ0v) is 18.1. The molecule has 0 radical (unpaired) electrons. The van der Waals surface area contributed by atoms with Crippen molar-refractivity contribution < 1.29 is 14.2 Å². The summed E-state index contributed by atoms with van der Waals surface area (Å²) in [5, 5.41) is 9.81. The summed E-state index contributed by atoms with van der Waals surface area (Å²) < 4.78 is 17.8. The van der Waals surface area contributed by atoms with Crippen LogP contribution in [0.3, 0.4) is 0 Å². The average Bonchev–Trinajstić information content (AvgIpc) is 2.81. The molecule has 1 aliphatic rings. The lowest BCUT2D eigenvalue weighted by Gasteiger charge is -2.27. The molecule has 0 amide bonds. The predicted octanol–water partition coefficient (Wildman–Crippen LogP) is 3.44. The van der Waals surface area contributed by atoms with E-state index < -0.39 is 5.92 Å². The number of pyridine rings is 1. The maximum absolute atomic E-state index is 13.7. The lowest BCUT2D eigenvalue weighted by atomic mass is 9.84. The summed E-state index contributed by atoms with van der Waals surface area (Å²) in [5.74, 6) is 1.17. The van der Waals surface area contributed by atoms with E-state index in [-0.39, 0.29) is 17.0 Å². The van der Waals surface area contributed by atoms with Gasteiger partial charge >= 0.3 is 0 Å². The van der Waals surface area contributed by atoms with Gasteiger partial charge in [0, 0.05) is 11.8 Å². The number of hydrogen-bond donors (Lipinski definition) is 1. The summed E-state index contributed by atoms with van der Waals surface area (Å²) in [7, 11) is 3.19. The molecule has 4 rings (SSSR count). The third-order valence-corrected chi connectivity index (χ3v) is 5.64. The van der Waals surface area contributed by atoms with Gasteiger partial charge in [-0.1, -0.05) is 24.3 Å². The van der Waals surface area contributed by atoms with E-state index in [1.807, 2.05) is 43.3 Å². The lowest BCUT2D eigenvalue weighted by Crippen LogP contribution is -2.33. The van der Waals surface area contributed by atoms with Crippen LogP contribution >= 0.6 is 0 Å². The predicted molar refractivity (Wildman–Crippen MR) is 120 cm³/mol. The molecule has 1 atom stereocenters. The van der Waals surface area contributed by atoms with Crippen molar-refractivity contribution in [2.75, 3.05) is 14.2 Å². The number of nitrogens with zero attached hydrogens (tertiary/aromatic N) is 2. The first-order valence-electron chi connectivity index (χ1n) is 10.1. The van der Waals surface area contributed by atoms with Crippen LogP contribution in [0.4, 0.5) is 0 Å². The van der Waals surface area contributed by atoms with Crippen LogP contribution in [0.25, 0.3) is 0 Å². The van der Waals surface area contributed by atoms with Crippen LogP contribution in [-0.4, -0.2) is 18.8 Å². The van der Waals surface area contributed by atoms with Gasteiger partial charge in [0.05, 0.1) is 32.2 Å². The molecule has 162 valence electrons. The quantitative estimate of drug-likeness (QED) is 0.667. The first kappa shape index (κ1) is 21.1. The standard InChI is InChI=1S/C25H23N3O4/c1-15-12-21-23(25(29)28(15)14-16-4-8-18(30-2)9-5-16)22(20(13-26)24(27)32-21)17-6-10-19(31-3)11-7-17/h4-12,22H,14,27H2,1-3H3/t22-/m0/s1. The van der Waals surface area contributed by atoms with E-state index in [1.165, 1.54) is 0 Å². The van der Waals surface area contributed by atoms with Gasteiger partial charge in [0.25, 0.3) is 5.56 Å². The fourth-order valence-electron chi connectivity index (χ4n) is 3.93. The number of benzene rings is 2. The van der Waals surface area contributed by atoms with Crippen molar-refractivity contribution >= 4 is 0 Å². The number of aryl methyl sites for hydroxylation is 1. The number of methoxy groups -OCH3 is 2. The van der Waals surface area contributed by atoms with Crippen molar-refractivity contribution in [1.82, 2.24) is 4.57 Å². The van der Waals surface area contributed by atoms with E-state index in [0.717, 1.165) is 22.6 Å². The number of nitrogens with two attached hydrogens (primary N) is 1. The summed E-state index contributed by atoms with van der Waals surface area (Å²) in [6.45, 7) is 2.22. The summed E-state index contributed by atoms with van der Waals surface area (Å²) in [6.07, 6.45) is 0. The first-order chi connectivity index (χ1) is 15.5. The second-order valence-electron chi connectivity index (χ2n) is 7.50. The Morgan fingerprint density at radius 3 is 2.22 bits per heavy atom. The van der Waals surface area contributed by atoms with Gasteiger partial charge in [-0.3, -0.25) is 4.79 Å². The Kier molecular flexibility index (Phi) is 5.61. The van der Waals surface area contributed by atoms with Crippen molar-refractivity contribution in [1.29, 1.82) is 5.26 Å². The number of allylic oxidation sites excluding steroid dienone is 1. The van der Waals surface area contributed by atoms with Gasteiger partial charge in [0.15, 0.2) is 0 Å². The average molecular weight is 429 g/mol. The molecule has 1 aromatic heterocycles. The molecule has 1 aliphatic heterocycles. The molecular formula is C25H23N3O4. The lowest BCUT2D eigenvalue weighted by molar-refractivity contribution is 0.388. The molecule has 3 aromatic rings. The molecule has 0 saturated carbocycles. The highest BCUT2D eigenvalue weighted by molar-refractivity contribution is 5.55. The highest BCUT2D eigenvalue weighted by atomic mass is 16.5. The third-order valence-electron chi connectivity index (χ3n) is 5.64. The SMILES string of the molecule is COc1ccc(Cn2c(C)cc3c(c2=O)[C@@H](c2ccc(OC)cc2)C(C#N)=C(N)O3)cc1. The maximum Gasteiger partial charge on any atom is 0.259 e. The van der Waals surface area contributed by atoms with Gasteiger partial charge in [-0.05, 0) is 42.3 Å². The van der Waals surface area contributed by atoms with Crippen molar-refractivity contribution in [2.24, 2.45) is 5.73 Å². The van der Waals surface area contributed by atoms with Gasteiger partial charge in [-0.2, -0.15) is 5.26 Å². The number of hydrogen-bond acceptors (Lipinski definition) is 6. The molecule has 0 fully saturated rings. The maximum atomic E-state index is 13.7. The van der Waals surface area contributed by atoms with Gasteiger partial charge in [-0.15, -0.1) is 0 Å². The molecule has 0 bridgehead atoms. The van der Waals surface area contributed by atoms with Crippen LogP contribution in [0.15, 0.2) is 70.8 Å². The van der Waals surface area contributed by atoms with Gasteiger partial charge in [0.2, 0.25) is 5.88 Å². The zero-order valence-electron chi connectivity index (χ0n) is 18.1. The van der Waals surface area contributed by atoms with Crippen molar-refractivity contribution in [2.45, 2.75) is 19.4 Å². The molecule has 2 N–H and O–H groups in total. The molecular weight excluding hydrogens is 406 g/mol. The van der Waals surface area contributed by atoms with Crippen molar-refractivity contribution in [3.05, 3.63) is 98.8 Å². The fraction of sp³-hybridized carbons (Fsp3) is 0.200. The van der Waals surface area contributed by atoms with Crippen LogP contribution in [0.5, 0.6) is 17.2 Å². The topological polar surface area (TPSA) is 99.5 Å². The van der Waals surface area contributed by atoms with Gasteiger partial charge < -0.3 is 24.5 Å². The van der Waals surface area contributed by atoms with Crippen molar-refractivity contribution in [3.63, 3.8) is 0 Å². The van der Waals surface area contributed by atoms with Gasteiger partial charge in [-0.25, -0.2) is 0 Å². The van der Waals surface area contributed by atoms with Gasteiger partial charge in [0.1, 0.15) is 28.9 Å². The van der Waals surface area contributed by atoms with Crippen LogP contribution in [-0.2, 0) is 6.54 Å². The summed E-state index contributed by atoms with van der Waals surface area (Å²) in [6, 6.07) is 18.7. The van der Waals surface area contributed by atoms with Crippen molar-refractivity contribution in [3.8, 4) is 23.3 Å².